The zero-order valence-corrected chi connectivity index (χ0v) is 17.7. The number of para-hydroxylation sites is 1. The lowest BCUT2D eigenvalue weighted by atomic mass is 10.0. The molecule has 0 saturated carbocycles. The Morgan fingerprint density at radius 1 is 1.19 bits per heavy atom. The van der Waals surface area contributed by atoms with E-state index in [4.69, 9.17) is 4.74 Å². The molecule has 1 amide bonds. The third-order valence-corrected chi connectivity index (χ3v) is 5.38. The van der Waals surface area contributed by atoms with Crippen LogP contribution in [0, 0.1) is 0 Å². The molecule has 3 N–H and O–H groups in total. The van der Waals surface area contributed by atoms with Gasteiger partial charge in [0.15, 0.2) is 11.6 Å². The second-order valence-electron chi connectivity index (χ2n) is 7.81. The van der Waals surface area contributed by atoms with Gasteiger partial charge in [-0.3, -0.25) is 14.6 Å². The molecule has 0 spiro atoms. The fraction of sp³-hybridized carbons (Fsp3) is 0.333. The number of benzene rings is 1. The summed E-state index contributed by atoms with van der Waals surface area (Å²) < 4.78 is 5.54. The summed E-state index contributed by atoms with van der Waals surface area (Å²) >= 11 is 0. The number of carboxylic acids is 1. The van der Waals surface area contributed by atoms with Gasteiger partial charge < -0.3 is 20.5 Å². The lowest BCUT2D eigenvalue weighted by Crippen LogP contribution is -2.30. The quantitative estimate of drug-likeness (QED) is 0.442. The summed E-state index contributed by atoms with van der Waals surface area (Å²) in [6, 6.07) is 12.7. The number of unbranched alkanes of at least 4 members (excludes halogenated alkanes) is 1. The first kappa shape index (κ1) is 21.5. The van der Waals surface area contributed by atoms with E-state index in [-0.39, 0.29) is 12.3 Å². The van der Waals surface area contributed by atoms with Crippen molar-refractivity contribution in [1.82, 2.24) is 15.3 Å². The van der Waals surface area contributed by atoms with Crippen molar-refractivity contribution in [3.05, 3.63) is 59.9 Å². The van der Waals surface area contributed by atoms with Crippen molar-refractivity contribution in [2.45, 2.75) is 38.1 Å². The minimum Gasteiger partial charge on any atom is -0.488 e. The lowest BCUT2D eigenvalue weighted by Gasteiger charge is -2.18. The second-order valence-corrected chi connectivity index (χ2v) is 7.81. The molecule has 0 aliphatic carbocycles. The van der Waals surface area contributed by atoms with Gasteiger partial charge in [-0.25, -0.2) is 4.98 Å². The maximum Gasteiger partial charge on any atom is 0.305 e. The van der Waals surface area contributed by atoms with E-state index in [9.17, 15) is 14.7 Å². The van der Waals surface area contributed by atoms with Crippen molar-refractivity contribution in [1.29, 1.82) is 0 Å². The molecule has 0 bridgehead atoms. The lowest BCUT2D eigenvalue weighted by molar-refractivity contribution is -0.137. The number of aryl methyl sites for hydroxylation is 1. The van der Waals surface area contributed by atoms with E-state index in [2.05, 4.69) is 20.6 Å². The van der Waals surface area contributed by atoms with Crippen molar-refractivity contribution in [3.63, 3.8) is 0 Å². The fourth-order valence-corrected chi connectivity index (χ4v) is 3.76. The van der Waals surface area contributed by atoms with E-state index in [0.29, 0.717) is 25.0 Å². The minimum absolute atomic E-state index is 0.169. The highest BCUT2D eigenvalue weighted by molar-refractivity contribution is 5.80. The zero-order chi connectivity index (χ0) is 22.3. The molecule has 3 heterocycles. The number of hydrogen-bond donors (Lipinski definition) is 3. The molecule has 166 valence electrons. The Morgan fingerprint density at radius 2 is 2.06 bits per heavy atom. The number of ether oxygens (including phenoxy) is 1. The maximum absolute atomic E-state index is 12.5. The number of hydrogen-bond acceptors (Lipinski definition) is 6. The third kappa shape index (κ3) is 5.51. The first-order chi connectivity index (χ1) is 15.6. The molecule has 4 rings (SSSR count). The number of amides is 1. The van der Waals surface area contributed by atoms with Crippen LogP contribution < -0.4 is 15.4 Å². The van der Waals surface area contributed by atoms with Crippen LogP contribution in [0.15, 0.2) is 48.7 Å². The SMILES string of the molecule is O=C(O)C[C@H](NC(=O)CCCCc1ccc2c(n1)NCCO2)c1cnc2ccccc2c1. The number of carbonyl (C=O) groups excluding carboxylic acids is 1. The van der Waals surface area contributed by atoms with Crippen LogP contribution in [0.25, 0.3) is 10.9 Å². The summed E-state index contributed by atoms with van der Waals surface area (Å²) in [4.78, 5) is 32.8. The summed E-state index contributed by atoms with van der Waals surface area (Å²) in [5.74, 6) is 0.399. The van der Waals surface area contributed by atoms with E-state index in [1.165, 1.54) is 0 Å². The Morgan fingerprint density at radius 3 is 2.94 bits per heavy atom. The largest absolute Gasteiger partial charge is 0.488 e. The number of pyridine rings is 2. The van der Waals surface area contributed by atoms with Gasteiger partial charge in [0.2, 0.25) is 5.91 Å². The highest BCUT2D eigenvalue weighted by atomic mass is 16.5. The van der Waals surface area contributed by atoms with Gasteiger partial charge in [0.25, 0.3) is 0 Å². The Hall–Kier alpha value is -3.68. The van der Waals surface area contributed by atoms with E-state index in [1.54, 1.807) is 6.20 Å². The molecule has 0 unspecified atom stereocenters. The topological polar surface area (TPSA) is 113 Å². The number of carbonyl (C=O) groups is 2. The van der Waals surface area contributed by atoms with Crippen LogP contribution in [0.2, 0.25) is 0 Å². The second kappa shape index (κ2) is 10.1. The number of fused-ring (bicyclic) bond motifs is 2. The van der Waals surface area contributed by atoms with E-state index < -0.39 is 12.0 Å². The summed E-state index contributed by atoms with van der Waals surface area (Å²) in [5, 5.41) is 16.3. The van der Waals surface area contributed by atoms with Crippen LogP contribution in [0.1, 0.15) is 43.0 Å². The molecule has 1 aromatic carbocycles. The number of nitrogens with one attached hydrogen (secondary N) is 2. The highest BCUT2D eigenvalue weighted by Gasteiger charge is 2.19. The number of aromatic nitrogens is 2. The zero-order valence-electron chi connectivity index (χ0n) is 17.7. The van der Waals surface area contributed by atoms with Crippen molar-refractivity contribution in [2.24, 2.45) is 0 Å². The van der Waals surface area contributed by atoms with Gasteiger partial charge in [-0.05, 0) is 49.1 Å². The van der Waals surface area contributed by atoms with Crippen LogP contribution in [0.3, 0.4) is 0 Å². The van der Waals surface area contributed by atoms with Gasteiger partial charge in [-0.15, -0.1) is 0 Å². The minimum atomic E-state index is -0.973. The van der Waals surface area contributed by atoms with Crippen molar-refractivity contribution in [2.75, 3.05) is 18.5 Å². The summed E-state index contributed by atoms with van der Waals surface area (Å²) in [6.07, 6.45) is 4.01. The van der Waals surface area contributed by atoms with E-state index in [0.717, 1.165) is 47.6 Å². The monoisotopic (exact) mass is 434 g/mol. The Balaban J connectivity index is 1.30. The van der Waals surface area contributed by atoms with Gasteiger partial charge in [0, 0.05) is 23.7 Å². The third-order valence-electron chi connectivity index (χ3n) is 5.38. The average Bonchev–Trinajstić information content (AvgIpc) is 2.80. The van der Waals surface area contributed by atoms with Crippen LogP contribution in [0.4, 0.5) is 5.82 Å². The van der Waals surface area contributed by atoms with Gasteiger partial charge in [-0.2, -0.15) is 0 Å². The number of anilines is 1. The van der Waals surface area contributed by atoms with E-state index >= 15 is 0 Å². The molecule has 3 aromatic rings. The molecule has 2 aromatic heterocycles. The maximum atomic E-state index is 12.5. The Labute approximate surface area is 186 Å². The molecule has 1 aliphatic heterocycles. The van der Waals surface area contributed by atoms with Gasteiger partial charge >= 0.3 is 5.97 Å². The van der Waals surface area contributed by atoms with Crippen LogP contribution >= 0.6 is 0 Å². The number of carboxylic acid groups (broad SMARTS) is 1. The van der Waals surface area contributed by atoms with Crippen molar-refractivity contribution in [3.8, 4) is 5.75 Å². The van der Waals surface area contributed by atoms with Gasteiger partial charge in [0.1, 0.15) is 6.61 Å². The Bertz CT molecular complexity index is 1120. The first-order valence-corrected chi connectivity index (χ1v) is 10.8. The summed E-state index contributed by atoms with van der Waals surface area (Å²) in [5.41, 5.74) is 2.47. The van der Waals surface area contributed by atoms with Crippen molar-refractivity contribution >= 4 is 28.6 Å². The van der Waals surface area contributed by atoms with Gasteiger partial charge in [0.05, 0.1) is 24.5 Å². The molecule has 0 radical (unpaired) electrons. The van der Waals surface area contributed by atoms with Crippen LogP contribution in [-0.2, 0) is 16.0 Å². The molecule has 1 aliphatic rings. The molecule has 1 atom stereocenters. The standard InChI is InChI=1S/C24H26N4O4/c29-22(8-4-2-6-18-9-10-21-24(27-18)25-11-12-32-21)28-20(14-23(30)31)17-13-16-5-1-3-7-19(16)26-15-17/h1,3,5,7,9-10,13,15,20H,2,4,6,8,11-12,14H2,(H,25,27)(H,28,29)(H,30,31)/t20-/m0/s1. The normalized spacial score (nSPS) is 13.5. The van der Waals surface area contributed by atoms with Crippen LogP contribution in [0.5, 0.6) is 5.75 Å². The average molecular weight is 434 g/mol. The molecule has 0 fully saturated rings. The van der Waals surface area contributed by atoms with Gasteiger partial charge in [-0.1, -0.05) is 18.2 Å². The number of aliphatic carboxylic acids is 1. The van der Waals surface area contributed by atoms with Crippen LogP contribution in [-0.4, -0.2) is 40.1 Å². The molecular weight excluding hydrogens is 408 g/mol. The fourth-order valence-electron chi connectivity index (χ4n) is 3.76. The summed E-state index contributed by atoms with van der Waals surface area (Å²) in [6.45, 7) is 1.38. The van der Waals surface area contributed by atoms with Crippen molar-refractivity contribution < 1.29 is 19.4 Å². The molecule has 8 nitrogen and oxygen atoms in total. The Kier molecular flexibility index (Phi) is 6.79. The molecule has 8 heteroatoms. The van der Waals surface area contributed by atoms with E-state index in [1.807, 2.05) is 42.5 Å². The number of rotatable bonds is 9. The molecule has 0 saturated heterocycles. The molecule has 32 heavy (non-hydrogen) atoms. The summed E-state index contributed by atoms with van der Waals surface area (Å²) in [7, 11) is 0. The predicted octanol–water partition coefficient (Wildman–Crippen LogP) is 3.48. The predicted molar refractivity (Wildman–Crippen MR) is 121 cm³/mol. The molecular formula is C24H26N4O4. The first-order valence-electron chi connectivity index (χ1n) is 10.8. The highest BCUT2D eigenvalue weighted by Crippen LogP contribution is 2.25. The smallest absolute Gasteiger partial charge is 0.305 e. The number of nitrogens with zero attached hydrogens (tertiary/aromatic N) is 2.